The number of nitrogens with two attached hydrogens (primary N) is 2. The number of nitrogens with one attached hydrogen (secondary N) is 6. The highest BCUT2D eigenvalue weighted by Crippen LogP contribution is 2.30. The first kappa shape index (κ1) is 74.9. The molecule has 0 saturated heterocycles. The summed E-state index contributed by atoms with van der Waals surface area (Å²) in [4.78, 5) is 104. The molecule has 23 nitrogen and oxygen atoms in total. The number of aliphatic imine (C=N–C) groups is 1. The molecule has 6 amide bonds. The van der Waals surface area contributed by atoms with Crippen LogP contribution in [0.4, 0.5) is 0 Å². The van der Waals surface area contributed by atoms with Crippen LogP contribution in [0.25, 0.3) is 0 Å². The Bertz CT molecular complexity index is 2420. The van der Waals surface area contributed by atoms with Crippen LogP contribution in [-0.2, 0) is 38.4 Å². The Hall–Kier alpha value is -6.19. The summed E-state index contributed by atoms with van der Waals surface area (Å²) in [5.41, 5.74) is 17.2. The van der Waals surface area contributed by atoms with Gasteiger partial charge in [0.05, 0.1) is 49.7 Å². The van der Waals surface area contributed by atoms with Crippen molar-refractivity contribution in [2.75, 3.05) is 63.4 Å². The molecule has 0 spiro atoms. The maximum absolute atomic E-state index is 12.9. The minimum absolute atomic E-state index is 0.0179. The van der Waals surface area contributed by atoms with Gasteiger partial charge >= 0.3 is 11.9 Å². The van der Waals surface area contributed by atoms with Crippen molar-refractivity contribution >= 4 is 109 Å². The monoisotopic (exact) mass is 1260 g/mol. The lowest BCUT2D eigenvalue weighted by molar-refractivity contribution is -0.135. The van der Waals surface area contributed by atoms with Gasteiger partial charge in [0.2, 0.25) is 23.6 Å². The fraction of sp³-hybridized carbons (Fsp3) is 0.603. The Morgan fingerprint density at radius 3 is 1.22 bits per heavy atom. The van der Waals surface area contributed by atoms with E-state index in [1.165, 1.54) is 125 Å². The normalized spacial score (nSPS) is 11.3. The van der Waals surface area contributed by atoms with Crippen molar-refractivity contribution < 1.29 is 57.3 Å². The molecule has 0 aliphatic carbocycles. The van der Waals surface area contributed by atoms with Crippen molar-refractivity contribution in [1.82, 2.24) is 32.1 Å². The van der Waals surface area contributed by atoms with Gasteiger partial charge in [-0.2, -0.15) is 10.2 Å². The number of ether oxygens (including phenoxy) is 4. The molecule has 10 N–H and O–H groups in total. The van der Waals surface area contributed by atoms with E-state index in [9.17, 15) is 38.4 Å². The van der Waals surface area contributed by atoms with E-state index in [4.69, 9.17) is 30.4 Å². The van der Waals surface area contributed by atoms with E-state index in [1.54, 1.807) is 36.4 Å². The van der Waals surface area contributed by atoms with Crippen LogP contribution in [0.3, 0.4) is 0 Å². The predicted molar refractivity (Wildman–Crippen MR) is 343 cm³/mol. The first-order chi connectivity index (χ1) is 41.2. The van der Waals surface area contributed by atoms with E-state index in [0.717, 1.165) is 60.1 Å². The summed E-state index contributed by atoms with van der Waals surface area (Å²) in [5, 5.41) is 18.6. The molecule has 0 saturated carbocycles. The molecule has 1 atom stereocenters. The third kappa shape index (κ3) is 39.2. The summed E-state index contributed by atoms with van der Waals surface area (Å²) < 4.78 is 21.9. The molecule has 0 radical (unpaired) electrons. The zero-order valence-corrected chi connectivity index (χ0v) is 53.2. The van der Waals surface area contributed by atoms with Crippen molar-refractivity contribution in [1.29, 1.82) is 0 Å². The molecule has 27 heteroatoms. The number of methoxy groups -OCH3 is 2. The number of carbonyl (C=O) groups excluding carboxylic acids is 8. The Kier molecular flexibility index (Phi) is 43.2. The number of benzene rings is 2. The fourth-order valence-electron chi connectivity index (χ4n) is 7.81. The number of hydrogen-bond acceptors (Lipinski definition) is 19. The molecule has 0 aliphatic rings. The summed E-state index contributed by atoms with van der Waals surface area (Å²) in [7, 11) is 7.60. The third-order valence-corrected chi connectivity index (χ3v) is 16.6. The zero-order chi connectivity index (χ0) is 62.1. The van der Waals surface area contributed by atoms with Crippen molar-refractivity contribution in [3.63, 3.8) is 0 Å². The first-order valence-electron chi connectivity index (χ1n) is 29.2. The second-order valence-corrected chi connectivity index (χ2v) is 24.4. The summed E-state index contributed by atoms with van der Waals surface area (Å²) in [5.74, 6) is -1.89. The molecule has 0 unspecified atom stereocenters. The average Bonchev–Trinajstić information content (AvgIpc) is 3.70. The Morgan fingerprint density at radius 1 is 0.471 bits per heavy atom. The van der Waals surface area contributed by atoms with Crippen LogP contribution in [0.15, 0.2) is 51.6 Å². The second-order valence-electron chi connectivity index (χ2n) is 19.5. The highest BCUT2D eigenvalue weighted by molar-refractivity contribution is 8.77. The van der Waals surface area contributed by atoms with Crippen LogP contribution in [0, 0.1) is 0 Å². The molecule has 2 rings (SSSR count). The highest BCUT2D eigenvalue weighted by Gasteiger charge is 2.20. The van der Waals surface area contributed by atoms with Crippen LogP contribution < -0.4 is 62.5 Å². The van der Waals surface area contributed by atoms with E-state index in [0.29, 0.717) is 47.0 Å². The Morgan fingerprint density at radius 2 is 0.835 bits per heavy atom. The average molecular weight is 1260 g/mol. The van der Waals surface area contributed by atoms with E-state index < -0.39 is 23.8 Å². The smallest absolute Gasteiger partial charge is 0.311 e. The quantitative estimate of drug-likeness (QED) is 0.00601. The lowest BCUT2D eigenvalue weighted by Gasteiger charge is -2.14. The topological polar surface area (TPSA) is 335 Å². The molecular formula is C58H91N11O12S4. The number of hydrogen-bond donors (Lipinski definition) is 8. The lowest BCUT2D eigenvalue weighted by Crippen LogP contribution is -2.41. The zero-order valence-electron chi connectivity index (χ0n) is 49.9. The number of esters is 2. The van der Waals surface area contributed by atoms with Gasteiger partial charge < -0.3 is 51.7 Å². The Balaban J connectivity index is 1.55. The maximum atomic E-state index is 12.9. The van der Waals surface area contributed by atoms with E-state index in [-0.39, 0.29) is 97.7 Å². The number of unbranched alkanes of at least 4 members (excludes halogenated alkanes) is 16. The second kappa shape index (κ2) is 49.0. The van der Waals surface area contributed by atoms with Gasteiger partial charge in [-0.25, -0.2) is 15.8 Å². The van der Waals surface area contributed by atoms with Gasteiger partial charge in [-0.15, -0.1) is 0 Å². The molecule has 474 valence electrons. The van der Waals surface area contributed by atoms with Crippen LogP contribution in [0.5, 0.6) is 23.0 Å². The summed E-state index contributed by atoms with van der Waals surface area (Å²) >= 11 is 0. The van der Waals surface area contributed by atoms with Gasteiger partial charge in [0, 0.05) is 45.4 Å². The lowest BCUT2D eigenvalue weighted by atomic mass is 10.1. The molecule has 85 heavy (non-hydrogen) atoms. The number of hydrazone groups is 2. The van der Waals surface area contributed by atoms with Crippen molar-refractivity contribution in [2.45, 2.75) is 161 Å². The molecular weight excluding hydrogens is 1170 g/mol. The fourth-order valence-corrected chi connectivity index (χ4v) is 11.2. The molecule has 0 aromatic heterocycles. The number of guanidine groups is 1. The first-order valence-corrected chi connectivity index (χ1v) is 34.2. The minimum Gasteiger partial charge on any atom is -0.493 e. The van der Waals surface area contributed by atoms with Gasteiger partial charge in [-0.05, 0) is 66.8 Å². The SMILES string of the molecule is CCCCCCCCCCCC(=O)Oc1ccc(/C=N\NC(=O)CSSCC(=O)NCCNC(=O)CC[C@H](N=C(N)N)C(=O)NCCNC(=O)CSSCC(=O)N/N=C\c2ccc(OC(=O)CCCCCCCCCCC)c(OC)c2)cc1OC. The summed E-state index contributed by atoms with van der Waals surface area (Å²) in [6.45, 7) is 4.82. The third-order valence-electron chi connectivity index (χ3n) is 12.3. The summed E-state index contributed by atoms with van der Waals surface area (Å²) in [6.07, 6.45) is 24.2. The van der Waals surface area contributed by atoms with Crippen LogP contribution in [0.1, 0.15) is 166 Å². The molecule has 0 bridgehead atoms. The van der Waals surface area contributed by atoms with Gasteiger partial charge in [0.25, 0.3) is 11.8 Å². The van der Waals surface area contributed by atoms with Crippen LogP contribution >= 0.6 is 43.2 Å². The van der Waals surface area contributed by atoms with E-state index in [1.807, 2.05) is 0 Å². The van der Waals surface area contributed by atoms with Gasteiger partial charge in [0.15, 0.2) is 29.0 Å². The maximum Gasteiger partial charge on any atom is 0.311 e. The van der Waals surface area contributed by atoms with Gasteiger partial charge in [-0.3, -0.25) is 38.4 Å². The number of amides is 6. The standard InChI is InChI=1S/C58H91N11O12S4/c1-5-7-9-11-13-15-17-19-21-23-55(75)80-46-28-25-43(35-48(46)78-3)37-65-68-53(73)41-84-82-39-51(71)62-32-31-61-50(70)30-27-45(67-58(59)60)57(77)64-34-33-63-52(72)40-83-85-42-54(74)69-66-38-44-26-29-47(49(36-44)79-4)81-56(76)24-22-20-18-16-14-12-10-8-6-2/h25-26,28-29,35-38,45H,5-24,27,30-34,39-42H2,1-4H3,(H,61,70)(H,62,71)(H,63,72)(H,64,77)(H,68,73)(H,69,74)(H4,59,60,67)/b65-37-,66-38-/t45-/m0/s1. The number of rotatable bonds is 49. The number of nitrogens with zero attached hydrogens (tertiary/aromatic N) is 3. The van der Waals surface area contributed by atoms with Gasteiger partial charge in [0.1, 0.15) is 6.04 Å². The van der Waals surface area contributed by atoms with Crippen molar-refractivity contribution in [3.05, 3.63) is 47.5 Å². The van der Waals surface area contributed by atoms with Crippen molar-refractivity contribution in [2.24, 2.45) is 26.7 Å². The predicted octanol–water partition coefficient (Wildman–Crippen LogP) is 7.61. The summed E-state index contributed by atoms with van der Waals surface area (Å²) in [6, 6.07) is 8.82. The van der Waals surface area contributed by atoms with E-state index in [2.05, 4.69) is 61.2 Å². The number of carbonyl (C=O) groups is 8. The Labute approximate surface area is 517 Å². The highest BCUT2D eigenvalue weighted by atomic mass is 33.1. The van der Waals surface area contributed by atoms with Crippen molar-refractivity contribution in [3.8, 4) is 23.0 Å². The molecule has 2 aromatic carbocycles. The molecule has 0 fully saturated rings. The minimum atomic E-state index is -1.07. The van der Waals surface area contributed by atoms with Crippen LogP contribution in [-0.4, -0.2) is 135 Å². The largest absolute Gasteiger partial charge is 0.493 e. The van der Waals surface area contributed by atoms with Gasteiger partial charge in [-0.1, -0.05) is 160 Å². The molecule has 0 heterocycles. The molecule has 2 aromatic rings. The molecule has 0 aliphatic heterocycles. The van der Waals surface area contributed by atoms with Crippen LogP contribution in [0.2, 0.25) is 0 Å². The van der Waals surface area contributed by atoms with E-state index >= 15 is 0 Å².